The van der Waals surface area contributed by atoms with Gasteiger partial charge >= 0.3 is 0 Å². The number of hydrogen-bond donors (Lipinski definition) is 2. The molecule has 156 valence electrons. The molecule has 0 bridgehead atoms. The zero-order valence-electron chi connectivity index (χ0n) is 17.3. The topological polar surface area (TPSA) is 76.7 Å². The Bertz CT molecular complexity index is 488. The standard InChI is InChI=1S/C19H34N2O4S2/c1-14(2)8-7-9-20-17(22)12-24-10-11-25-13-26-27-19(16(5)6)21-18(23)15(3)4/h14-16,19H,9-13H2,1-6H3,(H,20,22)(H,21,23). The smallest absolute Gasteiger partial charge is 0.246 e. The minimum atomic E-state index is -0.182. The Hall–Kier alpha value is -0.880. The molecule has 2 N–H and O–H groups in total. The van der Waals surface area contributed by atoms with Gasteiger partial charge in [-0.15, -0.1) is 0 Å². The quantitative estimate of drug-likeness (QED) is 0.207. The Morgan fingerprint density at radius 2 is 1.70 bits per heavy atom. The van der Waals surface area contributed by atoms with Crippen LogP contribution in [0.1, 0.15) is 41.5 Å². The van der Waals surface area contributed by atoms with Crippen LogP contribution in [0.3, 0.4) is 0 Å². The van der Waals surface area contributed by atoms with E-state index >= 15 is 0 Å². The number of carbonyl (C=O) groups excluding carboxylic acids is 2. The van der Waals surface area contributed by atoms with Gasteiger partial charge in [0.25, 0.3) is 0 Å². The molecule has 0 radical (unpaired) electrons. The van der Waals surface area contributed by atoms with E-state index in [0.717, 1.165) is 0 Å². The molecule has 1 unspecified atom stereocenters. The van der Waals surface area contributed by atoms with E-state index in [1.165, 1.54) is 0 Å². The first-order valence-electron chi connectivity index (χ1n) is 9.23. The summed E-state index contributed by atoms with van der Waals surface area (Å²) in [6.45, 7) is 13.0. The highest BCUT2D eigenvalue weighted by Crippen LogP contribution is 2.29. The first-order valence-corrected chi connectivity index (χ1v) is 11.6. The Balaban J connectivity index is 3.69. The summed E-state index contributed by atoms with van der Waals surface area (Å²) in [5.74, 6) is 6.83. The Morgan fingerprint density at radius 3 is 2.30 bits per heavy atom. The molecule has 0 heterocycles. The van der Waals surface area contributed by atoms with Gasteiger partial charge in [0.1, 0.15) is 12.5 Å². The maximum absolute atomic E-state index is 11.8. The molecule has 1 atom stereocenters. The van der Waals surface area contributed by atoms with Gasteiger partial charge in [0.2, 0.25) is 11.8 Å². The van der Waals surface area contributed by atoms with Gasteiger partial charge in [-0.3, -0.25) is 9.59 Å². The Labute approximate surface area is 172 Å². The lowest BCUT2D eigenvalue weighted by Gasteiger charge is -2.22. The molecule has 0 rings (SSSR count). The summed E-state index contributed by atoms with van der Waals surface area (Å²) in [4.78, 5) is 23.3. The predicted molar refractivity (Wildman–Crippen MR) is 114 cm³/mol. The number of rotatable bonds is 13. The van der Waals surface area contributed by atoms with E-state index in [4.69, 9.17) is 9.47 Å². The van der Waals surface area contributed by atoms with Gasteiger partial charge in [0.05, 0.1) is 25.1 Å². The molecule has 27 heavy (non-hydrogen) atoms. The van der Waals surface area contributed by atoms with E-state index in [0.29, 0.717) is 37.5 Å². The van der Waals surface area contributed by atoms with E-state index in [2.05, 4.69) is 36.3 Å². The SMILES string of the molecule is CC(C)C#CCNC(=O)COCCOCSSC(NC(=O)C(C)C)C(C)C. The van der Waals surface area contributed by atoms with Crippen LogP contribution in [0.2, 0.25) is 0 Å². The molecule has 0 aliphatic carbocycles. The number of hydrogen-bond acceptors (Lipinski definition) is 6. The summed E-state index contributed by atoms with van der Waals surface area (Å²) >= 11 is 0. The third kappa shape index (κ3) is 15.8. The molecule has 8 heteroatoms. The summed E-state index contributed by atoms with van der Waals surface area (Å²) in [6, 6.07) is 0. The maximum atomic E-state index is 11.8. The third-order valence-corrected chi connectivity index (χ3v) is 5.67. The van der Waals surface area contributed by atoms with Crippen molar-refractivity contribution >= 4 is 33.4 Å². The van der Waals surface area contributed by atoms with Crippen LogP contribution >= 0.6 is 21.6 Å². The first-order chi connectivity index (χ1) is 12.7. The number of ether oxygens (including phenoxy) is 2. The minimum absolute atomic E-state index is 0.00523. The second kappa shape index (κ2) is 16.1. The highest BCUT2D eigenvalue weighted by atomic mass is 33.1. The molecular formula is C19H34N2O4S2. The zero-order chi connectivity index (χ0) is 20.7. The van der Waals surface area contributed by atoms with Crippen LogP contribution in [0.5, 0.6) is 0 Å². The van der Waals surface area contributed by atoms with E-state index in [1.54, 1.807) is 21.6 Å². The molecule has 0 aromatic heterocycles. The van der Waals surface area contributed by atoms with Crippen molar-refractivity contribution in [3.05, 3.63) is 0 Å². The number of nitrogens with one attached hydrogen (secondary N) is 2. The van der Waals surface area contributed by atoms with Crippen LogP contribution in [0, 0.1) is 29.6 Å². The largest absolute Gasteiger partial charge is 0.369 e. The fourth-order valence-corrected chi connectivity index (χ4v) is 3.93. The first kappa shape index (κ1) is 26.1. The number of carbonyl (C=O) groups is 2. The summed E-state index contributed by atoms with van der Waals surface area (Å²) in [5, 5.41) is 5.76. The lowest BCUT2D eigenvalue weighted by molar-refractivity contribution is -0.126. The monoisotopic (exact) mass is 418 g/mol. The van der Waals surface area contributed by atoms with Gasteiger partial charge in [-0.1, -0.05) is 75.0 Å². The molecule has 0 aliphatic heterocycles. The number of amides is 2. The second-order valence-electron chi connectivity index (χ2n) is 6.87. The molecular weight excluding hydrogens is 384 g/mol. The molecule has 0 fully saturated rings. The van der Waals surface area contributed by atoms with Crippen molar-refractivity contribution in [3.63, 3.8) is 0 Å². The van der Waals surface area contributed by atoms with Crippen molar-refractivity contribution in [2.24, 2.45) is 17.8 Å². The van der Waals surface area contributed by atoms with Crippen molar-refractivity contribution in [3.8, 4) is 11.8 Å². The van der Waals surface area contributed by atoms with Crippen LogP contribution in [0.15, 0.2) is 0 Å². The van der Waals surface area contributed by atoms with E-state index < -0.39 is 0 Å². The van der Waals surface area contributed by atoms with Crippen molar-refractivity contribution in [2.45, 2.75) is 46.9 Å². The van der Waals surface area contributed by atoms with E-state index in [9.17, 15) is 9.59 Å². The normalized spacial score (nSPS) is 12.0. The van der Waals surface area contributed by atoms with Crippen molar-refractivity contribution in [1.82, 2.24) is 10.6 Å². The highest BCUT2D eigenvalue weighted by Gasteiger charge is 2.18. The Morgan fingerprint density at radius 1 is 1.04 bits per heavy atom. The van der Waals surface area contributed by atoms with E-state index in [-0.39, 0.29) is 29.7 Å². The van der Waals surface area contributed by atoms with Crippen LogP contribution < -0.4 is 10.6 Å². The highest BCUT2D eigenvalue weighted by molar-refractivity contribution is 8.76. The summed E-state index contributed by atoms with van der Waals surface area (Å²) in [6.07, 6.45) is 0. The van der Waals surface area contributed by atoms with Crippen LogP contribution in [-0.2, 0) is 19.1 Å². The molecule has 0 aromatic carbocycles. The fourth-order valence-electron chi connectivity index (χ4n) is 1.53. The summed E-state index contributed by atoms with van der Waals surface area (Å²) in [7, 11) is 3.15. The maximum Gasteiger partial charge on any atom is 0.246 e. The summed E-state index contributed by atoms with van der Waals surface area (Å²) in [5.41, 5.74) is 0. The minimum Gasteiger partial charge on any atom is -0.369 e. The van der Waals surface area contributed by atoms with Gasteiger partial charge in [-0.2, -0.15) is 0 Å². The fraction of sp³-hybridized carbons (Fsp3) is 0.789. The predicted octanol–water partition coefficient (Wildman–Crippen LogP) is 2.89. The molecule has 0 spiro atoms. The van der Waals surface area contributed by atoms with Crippen LogP contribution in [0.25, 0.3) is 0 Å². The molecule has 6 nitrogen and oxygen atoms in total. The van der Waals surface area contributed by atoms with Crippen molar-refractivity contribution < 1.29 is 19.1 Å². The molecule has 2 amide bonds. The Kier molecular flexibility index (Phi) is 15.6. The molecule has 0 saturated heterocycles. The average molecular weight is 419 g/mol. The van der Waals surface area contributed by atoms with Gasteiger partial charge in [0.15, 0.2) is 0 Å². The van der Waals surface area contributed by atoms with Gasteiger partial charge < -0.3 is 20.1 Å². The van der Waals surface area contributed by atoms with Gasteiger partial charge in [-0.05, 0) is 5.92 Å². The van der Waals surface area contributed by atoms with Gasteiger partial charge in [-0.25, -0.2) is 0 Å². The second-order valence-corrected chi connectivity index (χ2v) is 9.33. The van der Waals surface area contributed by atoms with Crippen LogP contribution in [0.4, 0.5) is 0 Å². The third-order valence-electron chi connectivity index (χ3n) is 3.09. The summed E-state index contributed by atoms with van der Waals surface area (Å²) < 4.78 is 10.7. The van der Waals surface area contributed by atoms with Crippen LogP contribution in [-0.4, -0.2) is 49.5 Å². The lowest BCUT2D eigenvalue weighted by atomic mass is 10.2. The molecule has 0 aromatic rings. The lowest BCUT2D eigenvalue weighted by Crippen LogP contribution is -2.38. The van der Waals surface area contributed by atoms with Gasteiger partial charge in [0, 0.05) is 11.8 Å². The van der Waals surface area contributed by atoms with Crippen molar-refractivity contribution in [1.29, 1.82) is 0 Å². The molecule has 0 aliphatic rings. The van der Waals surface area contributed by atoms with E-state index in [1.807, 2.05) is 27.7 Å². The van der Waals surface area contributed by atoms with Crippen molar-refractivity contribution in [2.75, 3.05) is 32.3 Å². The average Bonchev–Trinajstić information content (AvgIpc) is 2.59. The zero-order valence-corrected chi connectivity index (χ0v) is 18.9. The molecule has 0 saturated carbocycles.